The fourth-order valence-corrected chi connectivity index (χ4v) is 1.98. The third kappa shape index (κ3) is 1.34. The number of H-pyrrole nitrogens is 1. The second-order valence-corrected chi connectivity index (χ2v) is 3.62. The van der Waals surface area contributed by atoms with Crippen LogP contribution in [0.25, 0.3) is 10.7 Å². The summed E-state index contributed by atoms with van der Waals surface area (Å²) in [5.41, 5.74) is 0.959. The molecule has 2 aromatic rings. The maximum absolute atomic E-state index is 4.22. The van der Waals surface area contributed by atoms with Gasteiger partial charge in [-0.1, -0.05) is 0 Å². The van der Waals surface area contributed by atoms with E-state index in [9.17, 15) is 0 Å². The van der Waals surface area contributed by atoms with Gasteiger partial charge < -0.3 is 0 Å². The summed E-state index contributed by atoms with van der Waals surface area (Å²) in [6.07, 6.45) is 1.71. The molecule has 2 rings (SSSR count). The van der Waals surface area contributed by atoms with E-state index < -0.39 is 0 Å². The number of halogens is 1. The maximum atomic E-state index is 4.22. The van der Waals surface area contributed by atoms with Gasteiger partial charge in [0.25, 0.3) is 0 Å². The molecule has 3 nitrogen and oxygen atoms in total. The molecule has 56 valence electrons. The summed E-state index contributed by atoms with van der Waals surface area (Å²) in [7, 11) is 0. The number of thiazole rings is 1. The lowest BCUT2D eigenvalue weighted by Gasteiger charge is -1.84. The Morgan fingerprint density at radius 3 is 3.00 bits per heavy atom. The summed E-state index contributed by atoms with van der Waals surface area (Å²) in [5.74, 6) is 0. The van der Waals surface area contributed by atoms with Gasteiger partial charge in [-0.05, 0) is 22.0 Å². The molecular formula is C6H4BrN3S. The molecular weight excluding hydrogens is 226 g/mol. The highest BCUT2D eigenvalue weighted by molar-refractivity contribution is 9.10. The van der Waals surface area contributed by atoms with Gasteiger partial charge in [-0.15, -0.1) is 11.3 Å². The molecule has 2 heterocycles. The van der Waals surface area contributed by atoms with Crippen molar-refractivity contribution in [2.24, 2.45) is 0 Å². The van der Waals surface area contributed by atoms with E-state index in [-0.39, 0.29) is 0 Å². The van der Waals surface area contributed by atoms with Crippen LogP contribution in [0.2, 0.25) is 0 Å². The van der Waals surface area contributed by atoms with Crippen LogP contribution in [0, 0.1) is 0 Å². The maximum Gasteiger partial charge on any atom is 0.142 e. The molecule has 0 saturated carbocycles. The average molecular weight is 230 g/mol. The number of nitrogens with zero attached hydrogens (tertiary/aromatic N) is 2. The normalized spacial score (nSPS) is 10.3. The lowest BCUT2D eigenvalue weighted by atomic mass is 10.5. The smallest absolute Gasteiger partial charge is 0.142 e. The van der Waals surface area contributed by atoms with E-state index >= 15 is 0 Å². The van der Waals surface area contributed by atoms with Crippen LogP contribution in [0.15, 0.2) is 22.2 Å². The van der Waals surface area contributed by atoms with E-state index in [0.29, 0.717) is 0 Å². The van der Waals surface area contributed by atoms with Gasteiger partial charge in [0.05, 0.1) is 5.69 Å². The van der Waals surface area contributed by atoms with E-state index in [0.717, 1.165) is 15.3 Å². The number of aromatic amines is 1. The molecule has 0 spiro atoms. The molecule has 0 fully saturated rings. The van der Waals surface area contributed by atoms with Crippen molar-refractivity contribution < 1.29 is 0 Å². The monoisotopic (exact) mass is 229 g/mol. The zero-order valence-corrected chi connectivity index (χ0v) is 7.82. The molecule has 0 aliphatic heterocycles. The SMILES string of the molecule is Brc1csc(-c2ccn[nH]2)n1. The first kappa shape index (κ1) is 7.00. The van der Waals surface area contributed by atoms with Crippen molar-refractivity contribution in [2.45, 2.75) is 0 Å². The quantitative estimate of drug-likeness (QED) is 0.816. The van der Waals surface area contributed by atoms with E-state index in [1.165, 1.54) is 0 Å². The van der Waals surface area contributed by atoms with Crippen molar-refractivity contribution in [3.63, 3.8) is 0 Å². The van der Waals surface area contributed by atoms with Crippen molar-refractivity contribution in [1.82, 2.24) is 15.2 Å². The highest BCUT2D eigenvalue weighted by Crippen LogP contribution is 2.23. The van der Waals surface area contributed by atoms with Crippen LogP contribution in [0.1, 0.15) is 0 Å². The van der Waals surface area contributed by atoms with Gasteiger partial charge in [-0.2, -0.15) is 5.10 Å². The predicted octanol–water partition coefficient (Wildman–Crippen LogP) is 2.30. The third-order valence-electron chi connectivity index (χ3n) is 1.21. The standard InChI is InChI=1S/C6H4BrN3S/c7-5-3-11-6(9-5)4-1-2-8-10-4/h1-3H,(H,8,10). The van der Waals surface area contributed by atoms with Gasteiger partial charge in [0.15, 0.2) is 0 Å². The molecule has 5 heteroatoms. The molecule has 2 aromatic heterocycles. The van der Waals surface area contributed by atoms with Crippen LogP contribution in [0.5, 0.6) is 0 Å². The number of nitrogens with one attached hydrogen (secondary N) is 1. The number of hydrogen-bond acceptors (Lipinski definition) is 3. The topological polar surface area (TPSA) is 41.6 Å². The van der Waals surface area contributed by atoms with Gasteiger partial charge in [-0.25, -0.2) is 4.98 Å². The third-order valence-corrected chi connectivity index (χ3v) is 2.79. The summed E-state index contributed by atoms with van der Waals surface area (Å²) in [4.78, 5) is 4.22. The Labute approximate surface area is 75.6 Å². The highest BCUT2D eigenvalue weighted by Gasteiger charge is 2.02. The summed E-state index contributed by atoms with van der Waals surface area (Å²) >= 11 is 4.86. The minimum Gasteiger partial charge on any atom is -0.275 e. The Morgan fingerprint density at radius 2 is 2.45 bits per heavy atom. The van der Waals surface area contributed by atoms with Gasteiger partial charge in [0.2, 0.25) is 0 Å². The molecule has 0 unspecified atom stereocenters. The fraction of sp³-hybridized carbons (Fsp3) is 0. The highest BCUT2D eigenvalue weighted by atomic mass is 79.9. The molecule has 0 aliphatic carbocycles. The van der Waals surface area contributed by atoms with Gasteiger partial charge in [-0.3, -0.25) is 5.10 Å². The molecule has 11 heavy (non-hydrogen) atoms. The van der Waals surface area contributed by atoms with E-state index in [1.807, 2.05) is 11.4 Å². The van der Waals surface area contributed by atoms with Crippen LogP contribution >= 0.6 is 27.3 Å². The largest absolute Gasteiger partial charge is 0.275 e. The Balaban J connectivity index is 2.45. The number of hydrogen-bond donors (Lipinski definition) is 1. The van der Waals surface area contributed by atoms with Crippen molar-refractivity contribution in [3.05, 3.63) is 22.2 Å². The molecule has 0 saturated heterocycles. The van der Waals surface area contributed by atoms with Crippen molar-refractivity contribution in [1.29, 1.82) is 0 Å². The van der Waals surface area contributed by atoms with Crippen molar-refractivity contribution in [3.8, 4) is 10.7 Å². The van der Waals surface area contributed by atoms with Crippen LogP contribution in [-0.2, 0) is 0 Å². The summed E-state index contributed by atoms with van der Waals surface area (Å²) in [5, 5.41) is 9.57. The average Bonchev–Trinajstić information content (AvgIpc) is 2.55. The molecule has 0 bridgehead atoms. The van der Waals surface area contributed by atoms with Crippen molar-refractivity contribution >= 4 is 27.3 Å². The molecule has 0 amide bonds. The number of rotatable bonds is 1. The van der Waals surface area contributed by atoms with Crippen LogP contribution < -0.4 is 0 Å². The Hall–Kier alpha value is -0.680. The molecule has 0 aromatic carbocycles. The van der Waals surface area contributed by atoms with Crippen molar-refractivity contribution in [2.75, 3.05) is 0 Å². The minimum atomic E-state index is 0.868. The zero-order valence-electron chi connectivity index (χ0n) is 5.41. The molecule has 1 N–H and O–H groups in total. The Kier molecular flexibility index (Phi) is 1.75. The van der Waals surface area contributed by atoms with E-state index in [2.05, 4.69) is 31.1 Å². The minimum absolute atomic E-state index is 0.868. The first-order chi connectivity index (χ1) is 5.36. The Bertz CT molecular complexity index is 340. The van der Waals surface area contributed by atoms with E-state index in [1.54, 1.807) is 17.5 Å². The van der Waals surface area contributed by atoms with Crippen LogP contribution in [-0.4, -0.2) is 15.2 Å². The number of aromatic nitrogens is 3. The second-order valence-electron chi connectivity index (χ2n) is 1.95. The van der Waals surface area contributed by atoms with Crippen LogP contribution in [0.3, 0.4) is 0 Å². The summed E-state index contributed by atoms with van der Waals surface area (Å²) < 4.78 is 0.868. The predicted molar refractivity (Wildman–Crippen MR) is 47.4 cm³/mol. The van der Waals surface area contributed by atoms with E-state index in [4.69, 9.17) is 0 Å². The first-order valence-corrected chi connectivity index (χ1v) is 4.64. The lowest BCUT2D eigenvalue weighted by Crippen LogP contribution is -1.74. The van der Waals surface area contributed by atoms with Crippen LogP contribution in [0.4, 0.5) is 0 Å². The zero-order chi connectivity index (χ0) is 7.68. The first-order valence-electron chi connectivity index (χ1n) is 2.97. The van der Waals surface area contributed by atoms with Gasteiger partial charge in [0.1, 0.15) is 9.61 Å². The fourth-order valence-electron chi connectivity index (χ4n) is 0.753. The molecule has 0 radical (unpaired) electrons. The summed E-state index contributed by atoms with van der Waals surface area (Å²) in [6, 6.07) is 1.89. The molecule has 0 atom stereocenters. The second kappa shape index (κ2) is 2.75. The lowest BCUT2D eigenvalue weighted by molar-refractivity contribution is 1.09. The van der Waals surface area contributed by atoms with Gasteiger partial charge in [0, 0.05) is 11.6 Å². The van der Waals surface area contributed by atoms with Gasteiger partial charge >= 0.3 is 0 Å². The Morgan fingerprint density at radius 1 is 1.55 bits per heavy atom. The summed E-state index contributed by atoms with van der Waals surface area (Å²) in [6.45, 7) is 0. The molecule has 0 aliphatic rings.